The average molecular weight is 378 g/mol. The molecule has 3 saturated carbocycles. The van der Waals surface area contributed by atoms with E-state index in [0.717, 1.165) is 17.8 Å². The van der Waals surface area contributed by atoms with Crippen LogP contribution in [0, 0.1) is 22.2 Å². The third-order valence-electron chi connectivity index (χ3n) is 5.91. The first-order valence-electron chi connectivity index (χ1n) is 8.75. The predicted octanol–water partition coefficient (Wildman–Crippen LogP) is 4.37. The Morgan fingerprint density at radius 2 is 1.91 bits per heavy atom. The van der Waals surface area contributed by atoms with Gasteiger partial charge in [0.1, 0.15) is 11.2 Å². The summed E-state index contributed by atoms with van der Waals surface area (Å²) in [5, 5.41) is 15.8. The second-order valence-electron chi connectivity index (χ2n) is 7.67. The molecule has 1 aromatic rings. The van der Waals surface area contributed by atoms with Crippen molar-refractivity contribution < 1.29 is 4.74 Å². The molecule has 4 nitrogen and oxygen atoms in total. The molecule has 0 aliphatic heterocycles. The van der Waals surface area contributed by atoms with Crippen LogP contribution in [0.25, 0.3) is 0 Å². The molecular weight excluding hydrogens is 354 g/mol. The van der Waals surface area contributed by atoms with Crippen molar-refractivity contribution in [1.29, 1.82) is 10.8 Å². The first kappa shape index (κ1) is 15.4. The van der Waals surface area contributed by atoms with Crippen molar-refractivity contribution in [1.82, 2.24) is 4.57 Å². The number of rotatable bonds is 4. The fourth-order valence-electron chi connectivity index (χ4n) is 3.88. The molecule has 0 radical (unpaired) electrons. The smallest absolute Gasteiger partial charge is 0.175 e. The first-order chi connectivity index (χ1) is 11.1. The van der Waals surface area contributed by atoms with E-state index in [4.69, 9.17) is 15.6 Å². The van der Waals surface area contributed by atoms with E-state index in [-0.39, 0.29) is 4.74 Å². The van der Waals surface area contributed by atoms with Gasteiger partial charge in [0.2, 0.25) is 0 Å². The van der Waals surface area contributed by atoms with Crippen molar-refractivity contribution in [3.8, 4) is 5.75 Å². The molecule has 1 spiro atoms. The van der Waals surface area contributed by atoms with Gasteiger partial charge in [-0.2, -0.15) is 0 Å². The van der Waals surface area contributed by atoms with Crippen LogP contribution in [0.5, 0.6) is 5.75 Å². The van der Waals surface area contributed by atoms with Gasteiger partial charge >= 0.3 is 0 Å². The Kier molecular flexibility index (Phi) is 3.87. The zero-order valence-electron chi connectivity index (χ0n) is 13.4. The molecule has 0 amide bonds. The van der Waals surface area contributed by atoms with E-state index >= 15 is 0 Å². The number of nitrogens with one attached hydrogen (secondary N) is 2. The van der Waals surface area contributed by atoms with Crippen molar-refractivity contribution in [2.45, 2.75) is 57.3 Å². The third kappa shape index (κ3) is 3.25. The normalized spacial score (nSPS) is 23.0. The monoisotopic (exact) mass is 377 g/mol. The van der Waals surface area contributed by atoms with Crippen molar-refractivity contribution in [2.24, 2.45) is 11.3 Å². The summed E-state index contributed by atoms with van der Waals surface area (Å²) in [4.78, 5) is 0. The summed E-state index contributed by atoms with van der Waals surface area (Å²) in [5.41, 5.74) is 2.20. The first-order valence-corrected chi connectivity index (χ1v) is 9.54. The van der Waals surface area contributed by atoms with Crippen LogP contribution in [0.4, 0.5) is 0 Å². The number of nitrogens with zero attached hydrogens (tertiary/aromatic N) is 1. The van der Waals surface area contributed by atoms with Gasteiger partial charge in [-0.1, -0.05) is 0 Å². The lowest BCUT2D eigenvalue weighted by Gasteiger charge is -2.28. The lowest BCUT2D eigenvalue weighted by molar-refractivity contribution is 0.173. The van der Waals surface area contributed by atoms with Gasteiger partial charge in [0.25, 0.3) is 0 Å². The maximum atomic E-state index is 8.10. The Morgan fingerprint density at radius 3 is 2.48 bits per heavy atom. The fourth-order valence-corrected chi connectivity index (χ4v) is 4.17. The van der Waals surface area contributed by atoms with E-state index in [9.17, 15) is 0 Å². The molecule has 3 aliphatic rings. The third-order valence-corrected chi connectivity index (χ3v) is 6.29. The van der Waals surface area contributed by atoms with Gasteiger partial charge < -0.3 is 4.74 Å². The highest BCUT2D eigenvalue weighted by Crippen LogP contribution is 2.57. The number of halogens is 1. The molecule has 3 fully saturated rings. The van der Waals surface area contributed by atoms with Crippen LogP contribution in [0.15, 0.2) is 12.3 Å². The topological polar surface area (TPSA) is 61.9 Å². The Balaban J connectivity index is 1.46. The predicted molar refractivity (Wildman–Crippen MR) is 93.4 cm³/mol. The largest absolute Gasteiger partial charge is 0.493 e. The van der Waals surface area contributed by atoms with E-state index in [1.807, 2.05) is 6.20 Å². The molecule has 0 bridgehead atoms. The van der Waals surface area contributed by atoms with Crippen molar-refractivity contribution in [2.75, 3.05) is 6.61 Å². The minimum Gasteiger partial charge on any atom is -0.493 e. The highest BCUT2D eigenvalue weighted by Gasteiger charge is 2.44. The number of hydrogen-bond acceptors (Lipinski definition) is 3. The summed E-state index contributed by atoms with van der Waals surface area (Å²) < 4.78 is 7.94. The zero-order chi connectivity index (χ0) is 16.0. The van der Waals surface area contributed by atoms with Gasteiger partial charge in [-0.25, -0.2) is 0 Å². The number of pyridine rings is 1. The lowest BCUT2D eigenvalue weighted by atomic mass is 9.80. The van der Waals surface area contributed by atoms with Gasteiger partial charge in [0, 0.05) is 17.8 Å². The van der Waals surface area contributed by atoms with Gasteiger partial charge in [0.15, 0.2) is 4.74 Å². The highest BCUT2D eigenvalue weighted by atomic mass is 79.9. The van der Waals surface area contributed by atoms with Crippen LogP contribution in [-0.2, 0) is 0 Å². The van der Waals surface area contributed by atoms with E-state index in [1.165, 1.54) is 56.9 Å². The Bertz CT molecular complexity index is 678. The molecule has 1 heterocycles. The average Bonchev–Trinajstić information content (AvgIpc) is 3.43. The van der Waals surface area contributed by atoms with Crippen LogP contribution < -0.4 is 10.2 Å². The van der Waals surface area contributed by atoms with Crippen LogP contribution >= 0.6 is 15.9 Å². The highest BCUT2D eigenvalue weighted by molar-refractivity contribution is 9.18. The summed E-state index contributed by atoms with van der Waals surface area (Å²) >= 11 is 3.17. The summed E-state index contributed by atoms with van der Waals surface area (Å²) in [6, 6.07) is 1.79. The summed E-state index contributed by atoms with van der Waals surface area (Å²) in [6.07, 6.45) is 12.6. The summed E-state index contributed by atoms with van der Waals surface area (Å²) in [7, 11) is 0. The number of ether oxygens (including phenoxy) is 1. The Labute approximate surface area is 145 Å². The minimum atomic E-state index is 0.206. The molecule has 1 aromatic heterocycles. The summed E-state index contributed by atoms with van der Waals surface area (Å²) in [6.45, 7) is 0.783. The van der Waals surface area contributed by atoms with Gasteiger partial charge in [-0.3, -0.25) is 15.4 Å². The zero-order valence-corrected chi connectivity index (χ0v) is 15.0. The van der Waals surface area contributed by atoms with Crippen molar-refractivity contribution in [3.63, 3.8) is 0 Å². The Hall–Kier alpha value is -1.10. The van der Waals surface area contributed by atoms with Crippen LogP contribution in [0.1, 0.15) is 62.8 Å². The number of hydrogen-bond donors (Lipinski definition) is 2. The standard InChI is InChI=1S/C18H24BrN3O/c19-17(21)22-10-14(13-1-2-13)15(9-16(22)20)23-11-12-3-5-18(6-4-12)7-8-18/h9-10,12-13,20-21H,1-8,11H2. The quantitative estimate of drug-likeness (QED) is 0.593. The Morgan fingerprint density at radius 1 is 1.22 bits per heavy atom. The van der Waals surface area contributed by atoms with Crippen LogP contribution in [0.3, 0.4) is 0 Å². The maximum absolute atomic E-state index is 8.10. The molecule has 124 valence electrons. The minimum absolute atomic E-state index is 0.206. The van der Waals surface area contributed by atoms with Crippen molar-refractivity contribution >= 4 is 20.7 Å². The SMILES string of the molecule is N=C(Br)n1cc(C2CC2)c(OCC2CCC3(CC2)CC3)cc1=N. The van der Waals surface area contributed by atoms with Crippen LogP contribution in [0.2, 0.25) is 0 Å². The maximum Gasteiger partial charge on any atom is 0.175 e. The van der Waals surface area contributed by atoms with Crippen molar-refractivity contribution in [3.05, 3.63) is 23.3 Å². The molecule has 0 unspecified atom stereocenters. The van der Waals surface area contributed by atoms with Gasteiger partial charge in [-0.15, -0.1) is 0 Å². The second kappa shape index (κ2) is 5.76. The molecule has 3 aliphatic carbocycles. The molecule has 5 heteroatoms. The fraction of sp³-hybridized carbons (Fsp3) is 0.667. The van der Waals surface area contributed by atoms with Gasteiger partial charge in [0.05, 0.1) is 6.61 Å². The summed E-state index contributed by atoms with van der Waals surface area (Å²) in [5.74, 6) is 2.09. The molecule has 2 N–H and O–H groups in total. The molecule has 0 aromatic carbocycles. The number of aromatic nitrogens is 1. The lowest BCUT2D eigenvalue weighted by Crippen LogP contribution is -2.25. The van der Waals surface area contributed by atoms with Gasteiger partial charge in [-0.05, 0) is 84.5 Å². The van der Waals surface area contributed by atoms with E-state index < -0.39 is 0 Å². The van der Waals surface area contributed by atoms with E-state index in [2.05, 4.69) is 15.9 Å². The second-order valence-corrected chi connectivity index (χ2v) is 8.42. The van der Waals surface area contributed by atoms with E-state index in [1.54, 1.807) is 10.6 Å². The molecule has 4 rings (SSSR count). The van der Waals surface area contributed by atoms with Crippen LogP contribution in [-0.4, -0.2) is 15.9 Å². The van der Waals surface area contributed by atoms with E-state index in [0.29, 0.717) is 17.3 Å². The molecular formula is C18H24BrN3O. The molecule has 0 atom stereocenters. The molecule has 0 saturated heterocycles. The molecule has 23 heavy (non-hydrogen) atoms.